The van der Waals surface area contributed by atoms with Gasteiger partial charge in [0.2, 0.25) is 11.0 Å². The fraction of sp³-hybridized carbons (Fsp3) is 0.231. The van der Waals surface area contributed by atoms with E-state index in [-0.39, 0.29) is 16.8 Å². The molecule has 18 heavy (non-hydrogen) atoms. The number of carbonyl (C=O) groups excluding carboxylic acids is 2. The predicted octanol–water partition coefficient (Wildman–Crippen LogP) is 1.99. The average Bonchev–Trinajstić information content (AvgIpc) is 2.74. The van der Waals surface area contributed by atoms with Gasteiger partial charge in [-0.2, -0.15) is 0 Å². The lowest BCUT2D eigenvalue weighted by atomic mass is 10.2. The van der Waals surface area contributed by atoms with Crippen LogP contribution in [0.1, 0.15) is 12.0 Å². The molecule has 0 saturated carbocycles. The molecule has 1 aromatic carbocycles. The van der Waals surface area contributed by atoms with Crippen molar-refractivity contribution in [2.75, 3.05) is 5.75 Å². The molecule has 1 aliphatic heterocycles. The van der Waals surface area contributed by atoms with Crippen molar-refractivity contribution in [2.24, 2.45) is 0 Å². The highest BCUT2D eigenvalue weighted by atomic mass is 32.2. The van der Waals surface area contributed by atoms with Crippen LogP contribution in [0.2, 0.25) is 0 Å². The monoisotopic (exact) mass is 265 g/mol. The maximum atomic E-state index is 13.3. The molecule has 0 bridgehead atoms. The summed E-state index contributed by atoms with van der Waals surface area (Å²) in [5.41, 5.74) is 0.347. The molecule has 0 aromatic heterocycles. The Morgan fingerprint density at radius 1 is 1.44 bits per heavy atom. The summed E-state index contributed by atoms with van der Waals surface area (Å²) < 4.78 is 13.3. The molecule has 1 fully saturated rings. The van der Waals surface area contributed by atoms with Gasteiger partial charge in [0.25, 0.3) is 0 Å². The quantitative estimate of drug-likeness (QED) is 0.850. The Morgan fingerprint density at radius 2 is 2.22 bits per heavy atom. The third-order valence-corrected chi connectivity index (χ3v) is 3.58. The van der Waals surface area contributed by atoms with Gasteiger partial charge in [0, 0.05) is 17.4 Å². The summed E-state index contributed by atoms with van der Waals surface area (Å²) in [5.74, 6) is -0.0194. The van der Waals surface area contributed by atoms with Crippen LogP contribution < -0.4 is 5.32 Å². The second kappa shape index (κ2) is 5.82. The van der Waals surface area contributed by atoms with Crippen LogP contribution in [0.4, 0.5) is 4.39 Å². The highest BCUT2D eigenvalue weighted by Gasteiger charge is 2.25. The lowest BCUT2D eigenvalue weighted by Gasteiger charge is -2.07. The largest absolute Gasteiger partial charge is 0.342 e. The van der Waals surface area contributed by atoms with E-state index in [9.17, 15) is 14.0 Å². The van der Waals surface area contributed by atoms with Crippen LogP contribution >= 0.6 is 11.8 Å². The third-order valence-electron chi connectivity index (χ3n) is 2.57. The number of benzene rings is 1. The van der Waals surface area contributed by atoms with E-state index in [1.807, 2.05) is 0 Å². The number of halogens is 1. The van der Waals surface area contributed by atoms with Gasteiger partial charge in [0.1, 0.15) is 5.82 Å². The number of amides is 1. The SMILES string of the molecule is O=C(/C=C/c1ccccc1F)N[C@H]1CCSC1=O. The molecule has 3 nitrogen and oxygen atoms in total. The standard InChI is InChI=1S/C13H12FNO2S/c14-10-4-2-1-3-9(10)5-6-12(16)15-11-7-8-18-13(11)17/h1-6,11H,7-8H2,(H,15,16)/b6-5+/t11-/m0/s1. The van der Waals surface area contributed by atoms with E-state index in [0.717, 1.165) is 5.75 Å². The second-order valence-corrected chi connectivity index (χ2v) is 4.97. The Morgan fingerprint density at radius 3 is 2.89 bits per heavy atom. The number of hydrogen-bond donors (Lipinski definition) is 1. The first-order chi connectivity index (χ1) is 8.66. The highest BCUT2D eigenvalue weighted by molar-refractivity contribution is 8.14. The molecule has 0 aliphatic carbocycles. The molecular formula is C13H12FNO2S. The van der Waals surface area contributed by atoms with E-state index < -0.39 is 6.04 Å². The molecule has 1 heterocycles. The zero-order valence-corrected chi connectivity index (χ0v) is 10.4. The van der Waals surface area contributed by atoms with Gasteiger partial charge in [0.05, 0.1) is 6.04 Å². The van der Waals surface area contributed by atoms with Crippen molar-refractivity contribution in [3.05, 3.63) is 41.7 Å². The smallest absolute Gasteiger partial charge is 0.244 e. The minimum Gasteiger partial charge on any atom is -0.342 e. The van der Waals surface area contributed by atoms with Crippen molar-refractivity contribution < 1.29 is 14.0 Å². The molecule has 2 rings (SSSR count). The topological polar surface area (TPSA) is 46.2 Å². The van der Waals surface area contributed by atoms with Gasteiger partial charge >= 0.3 is 0 Å². The third kappa shape index (κ3) is 3.20. The molecule has 0 radical (unpaired) electrons. The average molecular weight is 265 g/mol. The van der Waals surface area contributed by atoms with Crippen LogP contribution in [0.5, 0.6) is 0 Å². The van der Waals surface area contributed by atoms with E-state index in [0.29, 0.717) is 12.0 Å². The molecule has 1 saturated heterocycles. The Labute approximate surface area is 108 Å². The molecule has 1 amide bonds. The number of carbonyl (C=O) groups is 2. The number of rotatable bonds is 3. The predicted molar refractivity (Wildman–Crippen MR) is 69.4 cm³/mol. The fourth-order valence-corrected chi connectivity index (χ4v) is 2.56. The molecular weight excluding hydrogens is 253 g/mol. The summed E-state index contributed by atoms with van der Waals surface area (Å²) in [6, 6.07) is 5.77. The summed E-state index contributed by atoms with van der Waals surface area (Å²) in [4.78, 5) is 22.8. The molecule has 1 N–H and O–H groups in total. The zero-order valence-electron chi connectivity index (χ0n) is 9.56. The lowest BCUT2D eigenvalue weighted by Crippen LogP contribution is -2.35. The normalized spacial score (nSPS) is 19.4. The zero-order chi connectivity index (χ0) is 13.0. The summed E-state index contributed by atoms with van der Waals surface area (Å²) in [7, 11) is 0. The minimum absolute atomic E-state index is 0.0114. The summed E-state index contributed by atoms with van der Waals surface area (Å²) >= 11 is 1.23. The molecule has 1 aromatic rings. The number of hydrogen-bond acceptors (Lipinski definition) is 3. The van der Waals surface area contributed by atoms with Gasteiger partial charge in [-0.15, -0.1) is 0 Å². The first-order valence-corrected chi connectivity index (χ1v) is 6.55. The molecule has 0 spiro atoms. The van der Waals surface area contributed by atoms with Crippen LogP contribution in [0.3, 0.4) is 0 Å². The van der Waals surface area contributed by atoms with Crippen molar-refractivity contribution in [1.29, 1.82) is 0 Å². The van der Waals surface area contributed by atoms with Gasteiger partial charge < -0.3 is 5.32 Å². The maximum Gasteiger partial charge on any atom is 0.244 e. The molecule has 1 aliphatic rings. The van der Waals surface area contributed by atoms with Crippen molar-refractivity contribution >= 4 is 28.9 Å². The van der Waals surface area contributed by atoms with Crippen LogP contribution in [-0.2, 0) is 9.59 Å². The van der Waals surface area contributed by atoms with E-state index in [1.165, 1.54) is 30.0 Å². The number of nitrogens with one attached hydrogen (secondary N) is 1. The summed E-state index contributed by atoms with van der Waals surface area (Å²) in [6.07, 6.45) is 3.30. The summed E-state index contributed by atoms with van der Waals surface area (Å²) in [5, 5.41) is 2.59. The Hall–Kier alpha value is -1.62. The lowest BCUT2D eigenvalue weighted by molar-refractivity contribution is -0.120. The van der Waals surface area contributed by atoms with Gasteiger partial charge in [-0.05, 0) is 18.6 Å². The van der Waals surface area contributed by atoms with Crippen LogP contribution in [-0.4, -0.2) is 22.8 Å². The Kier molecular flexibility index (Phi) is 4.15. The van der Waals surface area contributed by atoms with Crippen molar-refractivity contribution in [3.8, 4) is 0 Å². The van der Waals surface area contributed by atoms with Crippen LogP contribution in [0.25, 0.3) is 6.08 Å². The van der Waals surface area contributed by atoms with Gasteiger partial charge in [-0.25, -0.2) is 4.39 Å². The number of thioether (sulfide) groups is 1. The van der Waals surface area contributed by atoms with Crippen molar-refractivity contribution in [2.45, 2.75) is 12.5 Å². The van der Waals surface area contributed by atoms with Crippen LogP contribution in [0.15, 0.2) is 30.3 Å². The first kappa shape index (κ1) is 12.8. The molecule has 0 unspecified atom stereocenters. The van der Waals surface area contributed by atoms with Gasteiger partial charge in [0.15, 0.2) is 0 Å². The van der Waals surface area contributed by atoms with Crippen molar-refractivity contribution in [3.63, 3.8) is 0 Å². The molecule has 5 heteroatoms. The molecule has 94 valence electrons. The summed E-state index contributed by atoms with van der Waals surface area (Å²) in [6.45, 7) is 0. The minimum atomic E-state index is -0.409. The highest BCUT2D eigenvalue weighted by Crippen LogP contribution is 2.19. The van der Waals surface area contributed by atoms with E-state index in [1.54, 1.807) is 18.2 Å². The maximum absolute atomic E-state index is 13.3. The van der Waals surface area contributed by atoms with E-state index in [4.69, 9.17) is 0 Å². The van der Waals surface area contributed by atoms with Gasteiger partial charge in [-0.1, -0.05) is 30.0 Å². The first-order valence-electron chi connectivity index (χ1n) is 5.56. The van der Waals surface area contributed by atoms with E-state index >= 15 is 0 Å². The van der Waals surface area contributed by atoms with Gasteiger partial charge in [-0.3, -0.25) is 9.59 Å². The van der Waals surface area contributed by atoms with Crippen molar-refractivity contribution in [1.82, 2.24) is 5.32 Å². The van der Waals surface area contributed by atoms with E-state index in [2.05, 4.69) is 5.32 Å². The van der Waals surface area contributed by atoms with Crippen LogP contribution in [0, 0.1) is 5.82 Å². The Bertz CT molecular complexity index is 502. The molecule has 1 atom stereocenters. The second-order valence-electron chi connectivity index (χ2n) is 3.87. The Balaban J connectivity index is 1.95. The fourth-order valence-electron chi connectivity index (χ4n) is 1.62.